The molecule has 0 amide bonds. The highest BCUT2D eigenvalue weighted by atomic mass is 32.2. The van der Waals surface area contributed by atoms with E-state index in [2.05, 4.69) is 9.71 Å². The molecule has 1 rings (SSSR count). The number of rotatable bonds is 6. The lowest BCUT2D eigenvalue weighted by Crippen LogP contribution is -2.40. The maximum absolute atomic E-state index is 11.8. The third kappa shape index (κ3) is 4.41. The molecule has 0 radical (unpaired) electrons. The normalized spacial score (nSPS) is 15.5. The zero-order valence-corrected chi connectivity index (χ0v) is 10.9. The molecule has 5 nitrogen and oxygen atoms in total. The van der Waals surface area contributed by atoms with Crippen LogP contribution in [0.3, 0.4) is 0 Å². The van der Waals surface area contributed by atoms with Gasteiger partial charge in [0.05, 0.1) is 5.60 Å². The summed E-state index contributed by atoms with van der Waals surface area (Å²) >= 11 is 0. The molecule has 1 atom stereocenters. The first-order valence-electron chi connectivity index (χ1n) is 5.49. The average molecular weight is 258 g/mol. The monoisotopic (exact) mass is 258 g/mol. The zero-order valence-electron chi connectivity index (χ0n) is 10.0. The van der Waals surface area contributed by atoms with E-state index >= 15 is 0 Å². The highest BCUT2D eigenvalue weighted by Gasteiger charge is 2.23. The average Bonchev–Trinajstić information content (AvgIpc) is 2.28. The molecule has 6 heteroatoms. The molecular weight excluding hydrogens is 240 g/mol. The number of pyridine rings is 1. The largest absolute Gasteiger partial charge is 0.389 e. The van der Waals surface area contributed by atoms with Crippen LogP contribution in [0, 0.1) is 0 Å². The number of aliphatic hydroxyl groups is 1. The summed E-state index contributed by atoms with van der Waals surface area (Å²) in [5, 5.41) is 9.88. The van der Waals surface area contributed by atoms with E-state index in [1.165, 1.54) is 18.5 Å². The van der Waals surface area contributed by atoms with Crippen LogP contribution in [0.5, 0.6) is 0 Å². The predicted octanol–water partition coefficient (Wildman–Crippen LogP) is 0.911. The smallest absolute Gasteiger partial charge is 0.242 e. The van der Waals surface area contributed by atoms with Gasteiger partial charge in [-0.05, 0) is 25.5 Å². The first kappa shape index (κ1) is 14.1. The van der Waals surface area contributed by atoms with Crippen LogP contribution >= 0.6 is 0 Å². The molecule has 1 heterocycles. The Labute approximate surface area is 102 Å². The summed E-state index contributed by atoms with van der Waals surface area (Å²) in [5.41, 5.74) is -1.02. The van der Waals surface area contributed by atoms with Gasteiger partial charge in [-0.25, -0.2) is 13.1 Å². The minimum Gasteiger partial charge on any atom is -0.389 e. The summed E-state index contributed by atoms with van der Waals surface area (Å²) in [6, 6.07) is 3.02. The Balaban J connectivity index is 2.69. The van der Waals surface area contributed by atoms with E-state index in [-0.39, 0.29) is 11.4 Å². The lowest BCUT2D eigenvalue weighted by atomic mass is 10.0. The van der Waals surface area contributed by atoms with Crippen molar-refractivity contribution in [3.8, 4) is 0 Å². The Kier molecular flexibility index (Phi) is 4.62. The zero-order chi connectivity index (χ0) is 12.9. The lowest BCUT2D eigenvalue weighted by molar-refractivity contribution is 0.0554. The van der Waals surface area contributed by atoms with Crippen LogP contribution in [0.15, 0.2) is 29.4 Å². The Bertz CT molecular complexity index is 443. The van der Waals surface area contributed by atoms with Gasteiger partial charge in [0.1, 0.15) is 4.90 Å². The van der Waals surface area contributed by atoms with Gasteiger partial charge >= 0.3 is 0 Å². The van der Waals surface area contributed by atoms with E-state index in [1.807, 2.05) is 6.92 Å². The SMILES string of the molecule is CCCC(C)(O)CNS(=O)(=O)c1cccnc1. The van der Waals surface area contributed by atoms with Gasteiger partial charge in [-0.2, -0.15) is 0 Å². The van der Waals surface area contributed by atoms with Gasteiger partial charge in [0.15, 0.2) is 0 Å². The quantitative estimate of drug-likeness (QED) is 0.795. The second kappa shape index (κ2) is 5.57. The van der Waals surface area contributed by atoms with Crippen molar-refractivity contribution in [3.05, 3.63) is 24.5 Å². The van der Waals surface area contributed by atoms with E-state index in [4.69, 9.17) is 0 Å². The van der Waals surface area contributed by atoms with E-state index < -0.39 is 15.6 Å². The van der Waals surface area contributed by atoms with Crippen LogP contribution in [0.1, 0.15) is 26.7 Å². The molecule has 0 fully saturated rings. The fraction of sp³-hybridized carbons (Fsp3) is 0.545. The number of hydrogen-bond donors (Lipinski definition) is 2. The van der Waals surface area contributed by atoms with Crippen LogP contribution in [-0.4, -0.2) is 30.7 Å². The molecule has 0 aromatic carbocycles. The highest BCUT2D eigenvalue weighted by Crippen LogP contribution is 2.12. The molecule has 0 aliphatic carbocycles. The minimum absolute atomic E-state index is 0.00192. The van der Waals surface area contributed by atoms with Gasteiger partial charge < -0.3 is 5.11 Å². The topological polar surface area (TPSA) is 79.3 Å². The van der Waals surface area contributed by atoms with Gasteiger partial charge in [-0.15, -0.1) is 0 Å². The molecule has 0 spiro atoms. The number of aromatic nitrogens is 1. The molecular formula is C11H18N2O3S. The maximum atomic E-state index is 11.8. The number of sulfonamides is 1. The van der Waals surface area contributed by atoms with Crippen molar-refractivity contribution in [1.29, 1.82) is 0 Å². The van der Waals surface area contributed by atoms with Crippen molar-refractivity contribution >= 4 is 10.0 Å². The van der Waals surface area contributed by atoms with Gasteiger partial charge in [-0.3, -0.25) is 4.98 Å². The van der Waals surface area contributed by atoms with Crippen molar-refractivity contribution in [2.45, 2.75) is 37.2 Å². The van der Waals surface area contributed by atoms with Gasteiger partial charge in [-0.1, -0.05) is 13.3 Å². The van der Waals surface area contributed by atoms with Crippen molar-refractivity contribution in [3.63, 3.8) is 0 Å². The van der Waals surface area contributed by atoms with Crippen molar-refractivity contribution in [2.24, 2.45) is 0 Å². The van der Waals surface area contributed by atoms with Crippen LogP contribution in [0.2, 0.25) is 0 Å². The van der Waals surface area contributed by atoms with E-state index in [9.17, 15) is 13.5 Å². The second-order valence-corrected chi connectivity index (χ2v) is 6.03. The number of nitrogens with zero attached hydrogens (tertiary/aromatic N) is 1. The maximum Gasteiger partial charge on any atom is 0.242 e. The molecule has 1 aromatic heterocycles. The van der Waals surface area contributed by atoms with Gasteiger partial charge in [0, 0.05) is 18.9 Å². The third-order valence-corrected chi connectivity index (χ3v) is 3.76. The summed E-state index contributed by atoms with van der Waals surface area (Å²) < 4.78 is 26.0. The van der Waals surface area contributed by atoms with Crippen LogP contribution in [0.25, 0.3) is 0 Å². The molecule has 1 unspecified atom stereocenters. The van der Waals surface area contributed by atoms with E-state index in [0.717, 1.165) is 6.42 Å². The van der Waals surface area contributed by atoms with E-state index in [0.29, 0.717) is 6.42 Å². The minimum atomic E-state index is -3.58. The molecule has 0 saturated heterocycles. The highest BCUT2D eigenvalue weighted by molar-refractivity contribution is 7.89. The Morgan fingerprint density at radius 3 is 2.76 bits per heavy atom. The Morgan fingerprint density at radius 1 is 1.53 bits per heavy atom. The molecule has 2 N–H and O–H groups in total. The summed E-state index contributed by atoms with van der Waals surface area (Å²) in [5.74, 6) is 0. The van der Waals surface area contributed by atoms with Gasteiger partial charge in [0.25, 0.3) is 0 Å². The summed E-state index contributed by atoms with van der Waals surface area (Å²) in [7, 11) is -3.58. The molecule has 0 aliphatic rings. The number of hydrogen-bond acceptors (Lipinski definition) is 4. The Morgan fingerprint density at radius 2 is 2.24 bits per heavy atom. The summed E-state index contributed by atoms with van der Waals surface area (Å²) in [6.07, 6.45) is 4.12. The molecule has 0 bridgehead atoms. The van der Waals surface area contributed by atoms with Crippen molar-refractivity contribution < 1.29 is 13.5 Å². The fourth-order valence-corrected chi connectivity index (χ4v) is 2.59. The standard InChI is InChI=1S/C11H18N2O3S/c1-3-6-11(2,14)9-13-17(15,16)10-5-4-7-12-8-10/h4-5,7-8,13-14H,3,6,9H2,1-2H3. The predicted molar refractivity (Wildman–Crippen MR) is 65.0 cm³/mol. The summed E-state index contributed by atoms with van der Waals surface area (Å²) in [4.78, 5) is 3.85. The molecule has 17 heavy (non-hydrogen) atoms. The second-order valence-electron chi connectivity index (χ2n) is 4.26. The first-order valence-corrected chi connectivity index (χ1v) is 6.98. The van der Waals surface area contributed by atoms with Crippen LogP contribution in [-0.2, 0) is 10.0 Å². The van der Waals surface area contributed by atoms with Gasteiger partial charge in [0.2, 0.25) is 10.0 Å². The summed E-state index contributed by atoms with van der Waals surface area (Å²) in [6.45, 7) is 3.55. The van der Waals surface area contributed by atoms with Crippen molar-refractivity contribution in [1.82, 2.24) is 9.71 Å². The van der Waals surface area contributed by atoms with Crippen molar-refractivity contribution in [2.75, 3.05) is 6.54 Å². The first-order chi connectivity index (χ1) is 7.87. The lowest BCUT2D eigenvalue weighted by Gasteiger charge is -2.22. The Hall–Kier alpha value is -0.980. The fourth-order valence-electron chi connectivity index (χ4n) is 1.47. The number of nitrogens with one attached hydrogen (secondary N) is 1. The van der Waals surface area contributed by atoms with Crippen LogP contribution in [0.4, 0.5) is 0 Å². The molecule has 0 aliphatic heterocycles. The molecule has 1 aromatic rings. The molecule has 96 valence electrons. The van der Waals surface area contributed by atoms with Crippen LogP contribution < -0.4 is 4.72 Å². The van der Waals surface area contributed by atoms with E-state index in [1.54, 1.807) is 13.0 Å². The third-order valence-electron chi connectivity index (χ3n) is 2.38. The molecule has 0 saturated carbocycles.